The fraction of sp³-hybridized carbons (Fsp3) is 0.500. The van der Waals surface area contributed by atoms with Gasteiger partial charge in [-0.15, -0.1) is 0 Å². The molecule has 1 fully saturated rings. The van der Waals surface area contributed by atoms with Crippen LogP contribution in [0.1, 0.15) is 25.8 Å². The van der Waals surface area contributed by atoms with Gasteiger partial charge in [-0.25, -0.2) is 4.98 Å². The summed E-state index contributed by atoms with van der Waals surface area (Å²) in [6.45, 7) is 7.00. The number of hydrogen-bond acceptors (Lipinski definition) is 7. The van der Waals surface area contributed by atoms with Crippen molar-refractivity contribution in [3.05, 3.63) is 52.5 Å². The average molecular weight is 425 g/mol. The topological polar surface area (TPSA) is 104 Å². The number of carbonyl (C=O) groups is 1. The minimum absolute atomic E-state index is 0.00815. The van der Waals surface area contributed by atoms with E-state index < -0.39 is 0 Å². The number of carbonyl (C=O) groups excluding carboxylic acids is 1. The Hall–Kier alpha value is -3.23. The van der Waals surface area contributed by atoms with Crippen LogP contribution in [0, 0.1) is 22.0 Å². The van der Waals surface area contributed by atoms with E-state index in [0.29, 0.717) is 32.0 Å². The number of amides is 1. The highest BCUT2D eigenvalue weighted by Gasteiger charge is 2.42. The number of benzene rings is 1. The Kier molecular flexibility index (Phi) is 6.01. The lowest BCUT2D eigenvalue weighted by atomic mass is 9.83. The van der Waals surface area contributed by atoms with Gasteiger partial charge in [0.15, 0.2) is 0 Å². The van der Waals surface area contributed by atoms with E-state index in [-0.39, 0.29) is 28.5 Å². The van der Waals surface area contributed by atoms with E-state index in [1.54, 1.807) is 30.7 Å². The molecule has 1 amide bonds. The van der Waals surface area contributed by atoms with Crippen LogP contribution >= 0.6 is 0 Å². The second-order valence-corrected chi connectivity index (χ2v) is 8.62. The minimum atomic E-state index is -0.379. The first-order chi connectivity index (χ1) is 14.9. The lowest BCUT2D eigenvalue weighted by molar-refractivity contribution is -0.384. The normalized spacial score (nSPS) is 20.2. The zero-order valence-electron chi connectivity index (χ0n) is 17.9. The monoisotopic (exact) mass is 424 g/mol. The van der Waals surface area contributed by atoms with Crippen LogP contribution in [0.3, 0.4) is 0 Å². The summed E-state index contributed by atoms with van der Waals surface area (Å²) in [6.07, 6.45) is 6.47. The zero-order chi connectivity index (χ0) is 22.0. The molecule has 0 radical (unpaired) electrons. The number of nitrogens with one attached hydrogen (secondary N) is 1. The highest BCUT2D eigenvalue weighted by atomic mass is 16.6. The smallest absolute Gasteiger partial charge is 0.269 e. The maximum absolute atomic E-state index is 13.2. The van der Waals surface area contributed by atoms with E-state index in [1.807, 2.05) is 6.07 Å². The summed E-state index contributed by atoms with van der Waals surface area (Å²) in [5.41, 5.74) is 1.91. The van der Waals surface area contributed by atoms with Gasteiger partial charge in [0.2, 0.25) is 5.91 Å². The van der Waals surface area contributed by atoms with Crippen LogP contribution in [-0.4, -0.2) is 53.0 Å². The number of hydrogen-bond donors (Lipinski definition) is 1. The molecule has 1 aromatic heterocycles. The molecule has 0 aliphatic carbocycles. The molecule has 1 saturated heterocycles. The van der Waals surface area contributed by atoms with E-state index in [4.69, 9.17) is 0 Å². The second-order valence-electron chi connectivity index (χ2n) is 8.62. The third-order valence-electron chi connectivity index (χ3n) is 6.14. The Morgan fingerprint density at radius 3 is 2.87 bits per heavy atom. The number of nitro groups is 1. The number of nitrogens with zero attached hydrogens (tertiary/aromatic N) is 5. The lowest BCUT2D eigenvalue weighted by Gasteiger charge is -2.49. The number of aromatic nitrogens is 2. The minimum Gasteiger partial charge on any atom is -0.364 e. The molecule has 1 aromatic carbocycles. The number of rotatable bonds is 6. The fourth-order valence-corrected chi connectivity index (χ4v) is 4.50. The van der Waals surface area contributed by atoms with Gasteiger partial charge < -0.3 is 15.1 Å². The van der Waals surface area contributed by atoms with Crippen LogP contribution in [0.5, 0.6) is 0 Å². The van der Waals surface area contributed by atoms with Gasteiger partial charge in [0.25, 0.3) is 5.69 Å². The Balaban J connectivity index is 1.62. The summed E-state index contributed by atoms with van der Waals surface area (Å²) in [7, 11) is 0. The van der Waals surface area contributed by atoms with Gasteiger partial charge in [0.05, 0.1) is 23.1 Å². The lowest BCUT2D eigenvalue weighted by Crippen LogP contribution is -2.61. The van der Waals surface area contributed by atoms with Crippen molar-refractivity contribution in [2.45, 2.75) is 32.7 Å². The number of non-ortho nitro benzene ring substituents is 1. The quantitative estimate of drug-likeness (QED) is 0.561. The zero-order valence-corrected chi connectivity index (χ0v) is 17.9. The fourth-order valence-electron chi connectivity index (χ4n) is 4.50. The van der Waals surface area contributed by atoms with Gasteiger partial charge in [0, 0.05) is 56.4 Å². The summed E-state index contributed by atoms with van der Waals surface area (Å²) >= 11 is 0. The standard InChI is InChI=1S/C22H28N6O3/c1-15(2)5-6-25-22(29)18-12-16-11-17(28(30)31)3-4-19(16)27-10-9-26(14-20(18)27)21-13-23-7-8-24-21/h3-4,7-8,11,13,15,18,20H,5-6,9-10,12,14H2,1-2H3,(H,25,29). The number of anilines is 2. The summed E-state index contributed by atoms with van der Waals surface area (Å²) in [6, 6.07) is 4.96. The van der Waals surface area contributed by atoms with Gasteiger partial charge in [-0.05, 0) is 30.4 Å². The van der Waals surface area contributed by atoms with Crippen molar-refractivity contribution in [2.24, 2.45) is 11.8 Å². The van der Waals surface area contributed by atoms with Crippen molar-refractivity contribution in [1.82, 2.24) is 15.3 Å². The SMILES string of the molecule is CC(C)CCNC(=O)C1Cc2cc([N+](=O)[O-])ccc2N2CCN(c3cnccn3)CC12. The molecule has 0 bridgehead atoms. The molecular weight excluding hydrogens is 396 g/mol. The molecule has 1 N–H and O–H groups in total. The number of piperazine rings is 1. The first kappa shape index (κ1) is 21.0. The van der Waals surface area contributed by atoms with Crippen molar-refractivity contribution in [2.75, 3.05) is 36.0 Å². The van der Waals surface area contributed by atoms with E-state index in [0.717, 1.165) is 30.0 Å². The molecule has 0 spiro atoms. The Bertz CT molecular complexity index is 952. The summed E-state index contributed by atoms with van der Waals surface area (Å²) in [5.74, 6) is 1.03. The van der Waals surface area contributed by atoms with Gasteiger partial charge in [-0.2, -0.15) is 0 Å². The van der Waals surface area contributed by atoms with Crippen molar-refractivity contribution < 1.29 is 9.72 Å². The summed E-state index contributed by atoms with van der Waals surface area (Å²) in [4.78, 5) is 37.1. The molecule has 2 aliphatic heterocycles. The predicted octanol–water partition coefficient (Wildman–Crippen LogP) is 2.41. The molecule has 31 heavy (non-hydrogen) atoms. The van der Waals surface area contributed by atoms with Crippen LogP contribution in [0.2, 0.25) is 0 Å². The first-order valence-corrected chi connectivity index (χ1v) is 10.8. The Morgan fingerprint density at radius 1 is 1.32 bits per heavy atom. The van der Waals surface area contributed by atoms with Crippen LogP contribution < -0.4 is 15.1 Å². The third-order valence-corrected chi connectivity index (χ3v) is 6.14. The molecule has 2 aromatic rings. The van der Waals surface area contributed by atoms with Gasteiger partial charge in [-0.3, -0.25) is 19.9 Å². The van der Waals surface area contributed by atoms with E-state index >= 15 is 0 Å². The van der Waals surface area contributed by atoms with Crippen molar-refractivity contribution in [3.8, 4) is 0 Å². The van der Waals surface area contributed by atoms with E-state index in [2.05, 4.69) is 38.9 Å². The molecule has 9 nitrogen and oxygen atoms in total. The predicted molar refractivity (Wildman–Crippen MR) is 118 cm³/mol. The second kappa shape index (κ2) is 8.87. The molecular formula is C22H28N6O3. The van der Waals surface area contributed by atoms with Crippen LogP contribution in [0.4, 0.5) is 17.2 Å². The molecule has 2 unspecified atom stereocenters. The van der Waals surface area contributed by atoms with Gasteiger partial charge in [0.1, 0.15) is 5.82 Å². The van der Waals surface area contributed by atoms with Crippen molar-refractivity contribution >= 4 is 23.1 Å². The first-order valence-electron chi connectivity index (χ1n) is 10.8. The summed E-state index contributed by atoms with van der Waals surface area (Å²) in [5, 5.41) is 14.4. The molecule has 2 atom stereocenters. The Morgan fingerprint density at radius 2 is 2.16 bits per heavy atom. The van der Waals surface area contributed by atoms with Gasteiger partial charge >= 0.3 is 0 Å². The van der Waals surface area contributed by atoms with Crippen LogP contribution in [0.15, 0.2) is 36.8 Å². The van der Waals surface area contributed by atoms with E-state index in [1.165, 1.54) is 0 Å². The van der Waals surface area contributed by atoms with E-state index in [9.17, 15) is 14.9 Å². The molecule has 4 rings (SSSR count). The molecule has 2 aliphatic rings. The average Bonchev–Trinajstić information content (AvgIpc) is 2.78. The number of nitro benzene ring substituents is 1. The van der Waals surface area contributed by atoms with Crippen LogP contribution in [0.25, 0.3) is 0 Å². The molecule has 0 saturated carbocycles. The van der Waals surface area contributed by atoms with Gasteiger partial charge in [-0.1, -0.05) is 13.8 Å². The molecule has 9 heteroatoms. The highest BCUT2D eigenvalue weighted by molar-refractivity contribution is 5.82. The van der Waals surface area contributed by atoms with Crippen molar-refractivity contribution in [3.63, 3.8) is 0 Å². The largest absolute Gasteiger partial charge is 0.364 e. The Labute approximate surface area is 181 Å². The highest BCUT2D eigenvalue weighted by Crippen LogP contribution is 2.38. The molecule has 164 valence electrons. The third kappa shape index (κ3) is 4.45. The van der Waals surface area contributed by atoms with Crippen molar-refractivity contribution in [1.29, 1.82) is 0 Å². The maximum atomic E-state index is 13.2. The summed E-state index contributed by atoms with van der Waals surface area (Å²) < 4.78 is 0. The maximum Gasteiger partial charge on any atom is 0.269 e. The molecule has 3 heterocycles. The number of fused-ring (bicyclic) bond motifs is 3. The van der Waals surface area contributed by atoms with Crippen LogP contribution in [-0.2, 0) is 11.2 Å².